The second-order valence-electron chi connectivity index (χ2n) is 6.12. The average molecular weight is 413 g/mol. The summed E-state index contributed by atoms with van der Waals surface area (Å²) >= 11 is 5.96. The van der Waals surface area contributed by atoms with Gasteiger partial charge in [0.2, 0.25) is 0 Å². The lowest BCUT2D eigenvalue weighted by atomic mass is 10.2. The predicted octanol–water partition coefficient (Wildman–Crippen LogP) is 5.37. The molecule has 8 heteroatoms. The third kappa shape index (κ3) is 5.46. The summed E-state index contributed by atoms with van der Waals surface area (Å²) in [5.74, 6) is 0.875. The lowest BCUT2D eigenvalue weighted by Crippen LogP contribution is -2.20. The van der Waals surface area contributed by atoms with Gasteiger partial charge in [-0.1, -0.05) is 41.4 Å². The monoisotopic (exact) mass is 412 g/mol. The maximum absolute atomic E-state index is 12.3. The van der Waals surface area contributed by atoms with Gasteiger partial charge in [0.05, 0.1) is 15.6 Å². The van der Waals surface area contributed by atoms with Crippen molar-refractivity contribution < 1.29 is 19.2 Å². The summed E-state index contributed by atoms with van der Waals surface area (Å²) in [5.41, 5.74) is 1.44. The number of nitrogens with zero attached hydrogens (tertiary/aromatic N) is 1. The molecule has 1 N–H and O–H groups in total. The van der Waals surface area contributed by atoms with Crippen LogP contribution in [-0.4, -0.2) is 17.4 Å². The summed E-state index contributed by atoms with van der Waals surface area (Å²) < 4.78 is 11.2. The minimum absolute atomic E-state index is 0.0510. The molecule has 0 atom stereocenters. The van der Waals surface area contributed by atoms with E-state index in [0.717, 1.165) is 5.56 Å². The molecule has 0 radical (unpaired) electrons. The van der Waals surface area contributed by atoms with E-state index in [1.807, 2.05) is 31.2 Å². The van der Waals surface area contributed by atoms with Gasteiger partial charge in [0, 0.05) is 12.1 Å². The highest BCUT2D eigenvalue weighted by molar-refractivity contribution is 6.32. The van der Waals surface area contributed by atoms with Crippen LogP contribution in [-0.2, 0) is 4.79 Å². The summed E-state index contributed by atoms with van der Waals surface area (Å²) in [7, 11) is 0. The normalized spacial score (nSPS) is 10.3. The number of rotatable bonds is 7. The number of non-ortho nitro benzene ring substituents is 1. The molecule has 0 saturated heterocycles. The lowest BCUT2D eigenvalue weighted by molar-refractivity contribution is -0.384. The number of nitro groups is 1. The molecule has 0 saturated carbocycles. The first-order chi connectivity index (χ1) is 13.9. The molecular formula is C21H17ClN2O5. The molecule has 0 aliphatic carbocycles. The smallest absolute Gasteiger partial charge is 0.271 e. The number of para-hydroxylation sites is 2. The molecule has 1 amide bonds. The van der Waals surface area contributed by atoms with Gasteiger partial charge >= 0.3 is 0 Å². The Labute approximate surface area is 172 Å². The van der Waals surface area contributed by atoms with E-state index in [-0.39, 0.29) is 23.1 Å². The van der Waals surface area contributed by atoms with E-state index in [0.29, 0.717) is 17.2 Å². The van der Waals surface area contributed by atoms with Crippen LogP contribution in [0, 0.1) is 17.0 Å². The Morgan fingerprint density at radius 1 is 1.07 bits per heavy atom. The van der Waals surface area contributed by atoms with Crippen molar-refractivity contribution in [3.05, 3.63) is 87.4 Å². The number of nitro benzene ring substituents is 1. The van der Waals surface area contributed by atoms with E-state index in [1.54, 1.807) is 24.3 Å². The minimum Gasteiger partial charge on any atom is -0.482 e. The number of halogens is 1. The summed E-state index contributed by atoms with van der Waals surface area (Å²) in [4.78, 5) is 22.5. The van der Waals surface area contributed by atoms with Gasteiger partial charge in [-0.05, 0) is 37.3 Å². The van der Waals surface area contributed by atoms with E-state index in [4.69, 9.17) is 21.1 Å². The van der Waals surface area contributed by atoms with E-state index in [9.17, 15) is 14.9 Å². The number of hydrogen-bond acceptors (Lipinski definition) is 5. The van der Waals surface area contributed by atoms with Crippen LogP contribution in [0.15, 0.2) is 66.7 Å². The molecule has 3 rings (SSSR count). The first-order valence-electron chi connectivity index (χ1n) is 8.62. The molecule has 0 unspecified atom stereocenters. The Balaban J connectivity index is 1.64. The number of carbonyl (C=O) groups is 1. The van der Waals surface area contributed by atoms with Crippen LogP contribution in [0.25, 0.3) is 0 Å². The standard InChI is InChI=1S/C21H17ClN2O5/c1-14-6-9-16(10-7-14)29-20-5-3-2-4-18(20)23-21(25)13-28-19-11-8-15(24(26)27)12-17(19)22/h2-12H,13H2,1H3,(H,23,25). The Bertz CT molecular complexity index is 1040. The number of amides is 1. The van der Waals surface area contributed by atoms with Crippen molar-refractivity contribution in [2.45, 2.75) is 6.92 Å². The van der Waals surface area contributed by atoms with Gasteiger partial charge in [-0.15, -0.1) is 0 Å². The van der Waals surface area contributed by atoms with Crippen LogP contribution >= 0.6 is 11.6 Å². The van der Waals surface area contributed by atoms with Crippen LogP contribution in [0.4, 0.5) is 11.4 Å². The van der Waals surface area contributed by atoms with Gasteiger partial charge in [-0.25, -0.2) is 0 Å². The van der Waals surface area contributed by atoms with Gasteiger partial charge in [0.1, 0.15) is 11.5 Å². The largest absolute Gasteiger partial charge is 0.482 e. The van der Waals surface area contributed by atoms with Crippen molar-refractivity contribution in [3.63, 3.8) is 0 Å². The van der Waals surface area contributed by atoms with E-state index in [1.165, 1.54) is 18.2 Å². The number of aryl methyl sites for hydroxylation is 1. The Morgan fingerprint density at radius 3 is 2.48 bits per heavy atom. The molecule has 148 valence electrons. The zero-order chi connectivity index (χ0) is 20.8. The zero-order valence-electron chi connectivity index (χ0n) is 15.4. The predicted molar refractivity (Wildman–Crippen MR) is 110 cm³/mol. The van der Waals surface area contributed by atoms with Crippen LogP contribution in [0.2, 0.25) is 5.02 Å². The summed E-state index contributed by atoms with van der Waals surface area (Å²) in [6.45, 7) is 1.66. The molecule has 0 aliphatic heterocycles. The van der Waals surface area contributed by atoms with Crippen molar-refractivity contribution in [3.8, 4) is 17.2 Å². The summed E-state index contributed by atoms with van der Waals surface area (Å²) in [6, 6.07) is 18.3. The van der Waals surface area contributed by atoms with Crippen LogP contribution < -0.4 is 14.8 Å². The Kier molecular flexibility index (Phi) is 6.31. The Morgan fingerprint density at radius 2 is 1.79 bits per heavy atom. The molecule has 29 heavy (non-hydrogen) atoms. The molecule has 0 heterocycles. The number of ether oxygens (including phenoxy) is 2. The van der Waals surface area contributed by atoms with Crippen molar-refractivity contribution >= 4 is 28.9 Å². The molecule has 0 bridgehead atoms. The molecule has 0 aliphatic rings. The lowest BCUT2D eigenvalue weighted by Gasteiger charge is -2.13. The molecule has 3 aromatic rings. The van der Waals surface area contributed by atoms with Gasteiger partial charge < -0.3 is 14.8 Å². The van der Waals surface area contributed by atoms with Gasteiger partial charge in [-0.3, -0.25) is 14.9 Å². The SMILES string of the molecule is Cc1ccc(Oc2ccccc2NC(=O)COc2ccc([N+](=O)[O-])cc2Cl)cc1. The maximum atomic E-state index is 12.3. The molecule has 0 spiro atoms. The minimum atomic E-state index is -0.562. The first-order valence-corrected chi connectivity index (χ1v) is 9.00. The van der Waals surface area contributed by atoms with E-state index >= 15 is 0 Å². The topological polar surface area (TPSA) is 90.7 Å². The molecule has 7 nitrogen and oxygen atoms in total. The third-order valence-corrected chi connectivity index (χ3v) is 4.19. The number of benzene rings is 3. The second kappa shape index (κ2) is 9.07. The Hall–Kier alpha value is -3.58. The van der Waals surface area contributed by atoms with Crippen molar-refractivity contribution in [2.75, 3.05) is 11.9 Å². The molecule has 0 aromatic heterocycles. The van der Waals surface area contributed by atoms with Crippen molar-refractivity contribution in [1.29, 1.82) is 0 Å². The quantitative estimate of drug-likeness (QED) is 0.416. The fraction of sp³-hybridized carbons (Fsp3) is 0.0952. The number of nitrogens with one attached hydrogen (secondary N) is 1. The number of carbonyl (C=O) groups excluding carboxylic acids is 1. The van der Waals surface area contributed by atoms with E-state index < -0.39 is 10.8 Å². The van der Waals surface area contributed by atoms with Gasteiger partial charge in [0.25, 0.3) is 11.6 Å². The van der Waals surface area contributed by atoms with Crippen molar-refractivity contribution in [2.24, 2.45) is 0 Å². The zero-order valence-corrected chi connectivity index (χ0v) is 16.2. The highest BCUT2D eigenvalue weighted by Crippen LogP contribution is 2.30. The molecule has 0 fully saturated rings. The first kappa shape index (κ1) is 20.2. The van der Waals surface area contributed by atoms with Crippen LogP contribution in [0.1, 0.15) is 5.56 Å². The van der Waals surface area contributed by atoms with Gasteiger partial charge in [0.15, 0.2) is 12.4 Å². The number of hydrogen-bond donors (Lipinski definition) is 1. The fourth-order valence-electron chi connectivity index (χ4n) is 2.44. The fourth-order valence-corrected chi connectivity index (χ4v) is 2.67. The van der Waals surface area contributed by atoms with E-state index in [2.05, 4.69) is 5.32 Å². The third-order valence-electron chi connectivity index (χ3n) is 3.89. The molecular weight excluding hydrogens is 396 g/mol. The summed E-state index contributed by atoms with van der Waals surface area (Å²) in [6.07, 6.45) is 0. The van der Waals surface area contributed by atoms with Gasteiger partial charge in [-0.2, -0.15) is 0 Å². The highest BCUT2D eigenvalue weighted by Gasteiger charge is 2.13. The average Bonchev–Trinajstić information content (AvgIpc) is 2.70. The number of anilines is 1. The van der Waals surface area contributed by atoms with Crippen molar-refractivity contribution in [1.82, 2.24) is 0 Å². The molecule has 3 aromatic carbocycles. The van der Waals surface area contributed by atoms with Crippen LogP contribution in [0.5, 0.6) is 17.2 Å². The van der Waals surface area contributed by atoms with Crippen LogP contribution in [0.3, 0.4) is 0 Å². The maximum Gasteiger partial charge on any atom is 0.271 e. The summed E-state index contributed by atoms with van der Waals surface area (Å²) in [5, 5.41) is 13.5. The highest BCUT2D eigenvalue weighted by atomic mass is 35.5. The second-order valence-corrected chi connectivity index (χ2v) is 6.53.